The zero-order chi connectivity index (χ0) is 16.0. The molecule has 1 aromatic carbocycles. The topological polar surface area (TPSA) is 98.3 Å². The quantitative estimate of drug-likeness (QED) is 0.597. The summed E-state index contributed by atoms with van der Waals surface area (Å²) < 4.78 is 13.7. The first-order valence-corrected chi connectivity index (χ1v) is 6.77. The lowest BCUT2D eigenvalue weighted by atomic mass is 9.94. The van der Waals surface area contributed by atoms with E-state index in [1.54, 1.807) is 0 Å². The van der Waals surface area contributed by atoms with Crippen LogP contribution in [0.25, 0.3) is 0 Å². The number of benzene rings is 1. The first-order chi connectivity index (χ1) is 9.83. The largest absolute Gasteiger partial charge is 0.330 e. The van der Waals surface area contributed by atoms with Crippen LogP contribution in [0.15, 0.2) is 18.2 Å². The van der Waals surface area contributed by atoms with Crippen molar-refractivity contribution in [2.75, 3.05) is 11.9 Å². The average Bonchev–Trinajstić information content (AvgIpc) is 2.39. The molecule has 0 spiro atoms. The number of nitro benzene ring substituents is 1. The molecule has 0 heterocycles. The molecule has 0 saturated heterocycles. The minimum absolute atomic E-state index is 0.0334. The molecule has 7 heteroatoms. The Morgan fingerprint density at radius 1 is 1.48 bits per heavy atom. The maximum Gasteiger partial charge on any atom is 0.272 e. The molecule has 0 aliphatic rings. The van der Waals surface area contributed by atoms with Crippen LogP contribution in [0.2, 0.25) is 0 Å². The van der Waals surface area contributed by atoms with Crippen LogP contribution in [0.3, 0.4) is 0 Å². The van der Waals surface area contributed by atoms with Crippen LogP contribution < -0.4 is 11.1 Å². The van der Waals surface area contributed by atoms with Crippen molar-refractivity contribution < 1.29 is 14.1 Å². The fraction of sp³-hybridized carbons (Fsp3) is 0.500. The van der Waals surface area contributed by atoms with Gasteiger partial charge in [0.05, 0.1) is 16.7 Å². The second-order valence-corrected chi connectivity index (χ2v) is 5.40. The highest BCUT2D eigenvalue weighted by Gasteiger charge is 2.16. The Labute approximate surface area is 122 Å². The monoisotopic (exact) mass is 297 g/mol. The van der Waals surface area contributed by atoms with Gasteiger partial charge in [0.25, 0.3) is 5.69 Å². The van der Waals surface area contributed by atoms with Gasteiger partial charge in [-0.25, -0.2) is 4.39 Å². The van der Waals surface area contributed by atoms with Crippen molar-refractivity contribution in [2.45, 2.75) is 26.7 Å². The summed E-state index contributed by atoms with van der Waals surface area (Å²) in [6.07, 6.45) is 1.01. The van der Waals surface area contributed by atoms with E-state index in [2.05, 4.69) is 5.32 Å². The molecule has 1 aromatic rings. The molecule has 116 valence electrons. The molecule has 6 nitrogen and oxygen atoms in total. The van der Waals surface area contributed by atoms with Crippen LogP contribution >= 0.6 is 0 Å². The van der Waals surface area contributed by atoms with E-state index in [1.807, 2.05) is 13.8 Å². The summed E-state index contributed by atoms with van der Waals surface area (Å²) in [7, 11) is 0. The van der Waals surface area contributed by atoms with E-state index in [-0.39, 0.29) is 29.6 Å². The highest BCUT2D eigenvalue weighted by atomic mass is 19.1. The van der Waals surface area contributed by atoms with Crippen LogP contribution in [0.5, 0.6) is 0 Å². The Morgan fingerprint density at radius 2 is 2.14 bits per heavy atom. The SMILES string of the molecule is CC(C)C[C@H](CN)CC(=O)Nc1ccc([N+](=O)[O-])cc1F. The number of nitrogens with one attached hydrogen (secondary N) is 1. The normalized spacial score (nSPS) is 12.2. The van der Waals surface area contributed by atoms with Gasteiger partial charge in [0.2, 0.25) is 5.91 Å². The van der Waals surface area contributed by atoms with Gasteiger partial charge < -0.3 is 11.1 Å². The third kappa shape index (κ3) is 5.47. The van der Waals surface area contributed by atoms with Crippen molar-refractivity contribution in [1.29, 1.82) is 0 Å². The third-order valence-corrected chi connectivity index (χ3v) is 3.05. The van der Waals surface area contributed by atoms with E-state index in [0.29, 0.717) is 12.5 Å². The molecule has 1 rings (SSSR count). The van der Waals surface area contributed by atoms with Crippen LogP contribution in [-0.2, 0) is 4.79 Å². The summed E-state index contributed by atoms with van der Waals surface area (Å²) in [6, 6.07) is 3.11. The molecule has 1 amide bonds. The van der Waals surface area contributed by atoms with Gasteiger partial charge in [-0.05, 0) is 30.9 Å². The van der Waals surface area contributed by atoms with E-state index in [1.165, 1.54) is 6.07 Å². The first-order valence-electron chi connectivity index (χ1n) is 6.77. The average molecular weight is 297 g/mol. The number of halogens is 1. The Kier molecular flexibility index (Phi) is 6.23. The van der Waals surface area contributed by atoms with Crippen molar-refractivity contribution in [3.63, 3.8) is 0 Å². The number of hydrogen-bond acceptors (Lipinski definition) is 4. The molecule has 0 aromatic heterocycles. The van der Waals surface area contributed by atoms with E-state index < -0.39 is 10.7 Å². The molecule has 1 atom stereocenters. The number of nitrogens with zero attached hydrogens (tertiary/aromatic N) is 1. The lowest BCUT2D eigenvalue weighted by Gasteiger charge is -2.16. The molecule has 0 aliphatic carbocycles. The number of anilines is 1. The molecular formula is C14H20FN3O3. The number of carbonyl (C=O) groups excluding carboxylic acids is 1. The summed E-state index contributed by atoms with van der Waals surface area (Å²) in [6.45, 7) is 4.46. The highest BCUT2D eigenvalue weighted by molar-refractivity contribution is 5.91. The van der Waals surface area contributed by atoms with Gasteiger partial charge in [0.15, 0.2) is 5.82 Å². The smallest absolute Gasteiger partial charge is 0.272 e. The van der Waals surface area contributed by atoms with Crippen molar-refractivity contribution in [1.82, 2.24) is 0 Å². The fourth-order valence-electron chi connectivity index (χ4n) is 2.11. The number of nitro groups is 1. The van der Waals surface area contributed by atoms with E-state index >= 15 is 0 Å². The lowest BCUT2D eigenvalue weighted by molar-refractivity contribution is -0.385. The maximum absolute atomic E-state index is 13.7. The van der Waals surface area contributed by atoms with Gasteiger partial charge in [-0.2, -0.15) is 0 Å². The molecule has 21 heavy (non-hydrogen) atoms. The van der Waals surface area contributed by atoms with Gasteiger partial charge in [0, 0.05) is 12.5 Å². The van der Waals surface area contributed by atoms with Crippen molar-refractivity contribution in [2.24, 2.45) is 17.6 Å². The number of nitrogens with two attached hydrogens (primary N) is 1. The maximum atomic E-state index is 13.7. The van der Waals surface area contributed by atoms with Gasteiger partial charge >= 0.3 is 0 Å². The Bertz CT molecular complexity index is 520. The fourth-order valence-corrected chi connectivity index (χ4v) is 2.11. The minimum Gasteiger partial charge on any atom is -0.330 e. The Balaban J connectivity index is 2.68. The second kappa shape index (κ2) is 7.68. The van der Waals surface area contributed by atoms with Crippen molar-refractivity contribution >= 4 is 17.3 Å². The van der Waals surface area contributed by atoms with E-state index in [4.69, 9.17) is 5.73 Å². The van der Waals surface area contributed by atoms with Crippen LogP contribution in [-0.4, -0.2) is 17.4 Å². The molecule has 0 saturated carbocycles. The zero-order valence-corrected chi connectivity index (χ0v) is 12.1. The third-order valence-electron chi connectivity index (χ3n) is 3.05. The van der Waals surface area contributed by atoms with Crippen LogP contribution in [0.1, 0.15) is 26.7 Å². The summed E-state index contributed by atoms with van der Waals surface area (Å²) >= 11 is 0. The van der Waals surface area contributed by atoms with Crippen molar-refractivity contribution in [3.05, 3.63) is 34.1 Å². The molecule has 3 N–H and O–H groups in total. The van der Waals surface area contributed by atoms with Crippen molar-refractivity contribution in [3.8, 4) is 0 Å². The summed E-state index contributed by atoms with van der Waals surface area (Å²) in [4.78, 5) is 21.7. The predicted molar refractivity (Wildman–Crippen MR) is 78.3 cm³/mol. The van der Waals surface area contributed by atoms with Gasteiger partial charge in [0.1, 0.15) is 0 Å². The number of carbonyl (C=O) groups is 1. The summed E-state index contributed by atoms with van der Waals surface area (Å²) in [5.41, 5.74) is 5.20. The Morgan fingerprint density at radius 3 is 2.62 bits per heavy atom. The van der Waals surface area contributed by atoms with Gasteiger partial charge in [-0.15, -0.1) is 0 Å². The summed E-state index contributed by atoms with van der Waals surface area (Å²) in [5, 5.41) is 12.9. The van der Waals surface area contributed by atoms with Crippen LogP contribution in [0.4, 0.5) is 15.8 Å². The molecule has 0 aliphatic heterocycles. The predicted octanol–water partition coefficient (Wildman–Crippen LogP) is 2.68. The first kappa shape index (κ1) is 17.0. The number of non-ortho nitro benzene ring substituents is 1. The molecule has 0 fully saturated rings. The molecule has 0 bridgehead atoms. The Hall–Kier alpha value is -2.02. The zero-order valence-electron chi connectivity index (χ0n) is 12.1. The standard InChI is InChI=1S/C14H20FN3O3/c1-9(2)5-10(8-16)6-14(19)17-13-4-3-11(18(20)21)7-12(13)15/h3-4,7,9-10H,5-6,8,16H2,1-2H3,(H,17,19)/t10-/m0/s1. The van der Waals surface area contributed by atoms with Crippen LogP contribution in [0, 0.1) is 27.8 Å². The number of amides is 1. The summed E-state index contributed by atoms with van der Waals surface area (Å²) in [5.74, 6) is -0.724. The molecule has 0 radical (unpaired) electrons. The lowest BCUT2D eigenvalue weighted by Crippen LogP contribution is -2.23. The second-order valence-electron chi connectivity index (χ2n) is 5.40. The van der Waals surface area contributed by atoms with Gasteiger partial charge in [-0.1, -0.05) is 13.8 Å². The highest BCUT2D eigenvalue weighted by Crippen LogP contribution is 2.21. The number of rotatable bonds is 7. The minimum atomic E-state index is -0.828. The van der Waals surface area contributed by atoms with E-state index in [9.17, 15) is 19.3 Å². The molecule has 0 unspecified atom stereocenters. The number of hydrogen-bond donors (Lipinski definition) is 2. The van der Waals surface area contributed by atoms with Gasteiger partial charge in [-0.3, -0.25) is 14.9 Å². The van der Waals surface area contributed by atoms with E-state index in [0.717, 1.165) is 18.6 Å². The molecular weight excluding hydrogens is 277 g/mol.